The quantitative estimate of drug-likeness (QED) is 0.458. The first-order valence-electron chi connectivity index (χ1n) is 2.67. The molecule has 0 saturated carbocycles. The second-order valence-corrected chi connectivity index (χ2v) is 2.48. The number of pyridine rings is 1. The van der Waals surface area contributed by atoms with Gasteiger partial charge in [-0.05, 0) is 24.9 Å². The lowest BCUT2D eigenvalue weighted by molar-refractivity contribution is 1.07. The van der Waals surface area contributed by atoms with E-state index in [2.05, 4.69) is 4.98 Å². The van der Waals surface area contributed by atoms with Crippen molar-refractivity contribution in [3.8, 4) is 0 Å². The molecule has 2 heteroatoms. The summed E-state index contributed by atoms with van der Waals surface area (Å²) >= 11 is 0.744. The molecule has 0 spiro atoms. The summed E-state index contributed by atoms with van der Waals surface area (Å²) in [4.78, 5) is 4.15. The van der Waals surface area contributed by atoms with Crippen LogP contribution in [0.3, 0.4) is 0 Å². The Morgan fingerprint density at radius 3 is 2.78 bits per heavy atom. The zero-order valence-corrected chi connectivity index (χ0v) is 6.10. The van der Waals surface area contributed by atoms with E-state index in [9.17, 15) is 0 Å². The van der Waals surface area contributed by atoms with Gasteiger partial charge in [0, 0.05) is 5.69 Å². The number of hydrogen-bond donors (Lipinski definition) is 1. The van der Waals surface area contributed by atoms with Crippen molar-refractivity contribution in [2.24, 2.45) is 0 Å². The van der Waals surface area contributed by atoms with Gasteiger partial charge in [0.15, 0.2) is 0 Å². The van der Waals surface area contributed by atoms with Crippen LogP contribution in [0, 0.1) is 6.92 Å². The lowest BCUT2D eigenvalue weighted by atomic mass is 10.4. The molecule has 0 N–H and O–H groups in total. The highest BCUT2D eigenvalue weighted by atomic mass is 32.1. The highest BCUT2D eigenvalue weighted by Gasteiger charge is 1.84. The van der Waals surface area contributed by atoms with Gasteiger partial charge in [0.1, 0.15) is 0 Å². The molecule has 0 saturated heterocycles. The normalized spacial score (nSPS) is 9.44. The van der Waals surface area contributed by atoms with Gasteiger partial charge in [0.2, 0.25) is 0 Å². The predicted octanol–water partition coefficient (Wildman–Crippen LogP) is 1.52. The van der Waals surface area contributed by atoms with Crippen LogP contribution in [0.25, 0.3) is 0 Å². The van der Waals surface area contributed by atoms with Gasteiger partial charge in [-0.2, -0.15) is 11.4 Å². The molecule has 47 valence electrons. The van der Waals surface area contributed by atoms with Crippen LogP contribution in [0.2, 0.25) is 0 Å². The molecular formula is C7H8NS. The molecule has 1 aromatic rings. The van der Waals surface area contributed by atoms with Crippen LogP contribution in [-0.4, -0.2) is 10.9 Å². The zero-order valence-electron chi connectivity index (χ0n) is 5.20. The topological polar surface area (TPSA) is 12.9 Å². The first-order valence-corrected chi connectivity index (χ1v) is 3.64. The fraction of sp³-hybridized carbons (Fsp3) is 0.143. The monoisotopic (exact) mass is 138 g/mol. The van der Waals surface area contributed by atoms with Crippen LogP contribution in [0.4, 0.5) is 0 Å². The number of nitrogens with zero attached hydrogens (tertiary/aromatic N) is 1. The Kier molecular flexibility index (Phi) is 2.01. The largest absolute Gasteiger partial charge is 0.248 e. The molecule has 0 atom stereocenters. The Morgan fingerprint density at radius 2 is 2.33 bits per heavy atom. The third-order valence-corrected chi connectivity index (χ3v) is 1.52. The first kappa shape index (κ1) is 6.49. The highest BCUT2D eigenvalue weighted by Crippen LogP contribution is 2.04. The number of rotatable bonds is 1. The fourth-order valence-electron chi connectivity index (χ4n) is 0.601. The van der Waals surface area contributed by atoms with Gasteiger partial charge < -0.3 is 0 Å². The van der Waals surface area contributed by atoms with Gasteiger partial charge in [-0.1, -0.05) is 6.07 Å². The van der Waals surface area contributed by atoms with Crippen molar-refractivity contribution >= 4 is 17.2 Å². The Bertz CT molecular complexity index is 220. The summed E-state index contributed by atoms with van der Waals surface area (Å²) in [5.74, 6) is 5.33. The smallest absolute Gasteiger partial charge is 0.0881 e. The van der Waals surface area contributed by atoms with E-state index in [0.717, 1.165) is 22.1 Å². The SMILES string of the molecule is [CH]=[SH]c1cccc(C)n1. The molecule has 0 aromatic carbocycles. The molecule has 0 bridgehead atoms. The van der Waals surface area contributed by atoms with Crippen molar-refractivity contribution < 1.29 is 0 Å². The van der Waals surface area contributed by atoms with E-state index < -0.39 is 0 Å². The molecule has 1 rings (SSSR count). The molecule has 0 amide bonds. The summed E-state index contributed by atoms with van der Waals surface area (Å²) in [6.07, 6.45) is 0. The lowest BCUT2D eigenvalue weighted by Gasteiger charge is -1.91. The summed E-state index contributed by atoms with van der Waals surface area (Å²) < 4.78 is 0. The minimum Gasteiger partial charge on any atom is -0.248 e. The van der Waals surface area contributed by atoms with Crippen molar-refractivity contribution in [1.29, 1.82) is 0 Å². The van der Waals surface area contributed by atoms with Crippen molar-refractivity contribution in [2.75, 3.05) is 0 Å². The first-order chi connectivity index (χ1) is 4.33. The van der Waals surface area contributed by atoms with E-state index in [1.165, 1.54) is 0 Å². The van der Waals surface area contributed by atoms with E-state index in [-0.39, 0.29) is 0 Å². The minimum atomic E-state index is 0.744. The van der Waals surface area contributed by atoms with Crippen molar-refractivity contribution in [1.82, 2.24) is 4.98 Å². The summed E-state index contributed by atoms with van der Waals surface area (Å²) in [6, 6.07) is 5.82. The number of hydrogen-bond acceptors (Lipinski definition) is 1. The van der Waals surface area contributed by atoms with Crippen LogP contribution >= 0.6 is 11.4 Å². The van der Waals surface area contributed by atoms with E-state index in [0.29, 0.717) is 0 Å². The summed E-state index contributed by atoms with van der Waals surface area (Å²) in [6.45, 7) is 1.95. The van der Waals surface area contributed by atoms with Crippen molar-refractivity contribution in [3.05, 3.63) is 23.9 Å². The molecular weight excluding hydrogens is 130 g/mol. The van der Waals surface area contributed by atoms with Crippen LogP contribution in [0.1, 0.15) is 5.69 Å². The number of aryl methyl sites for hydroxylation is 1. The van der Waals surface area contributed by atoms with Crippen LogP contribution in [0.15, 0.2) is 23.2 Å². The van der Waals surface area contributed by atoms with Crippen LogP contribution in [-0.2, 0) is 0 Å². The van der Waals surface area contributed by atoms with Gasteiger partial charge in [0.05, 0.1) is 5.03 Å². The Labute approximate surface area is 58.7 Å². The Balaban J connectivity index is 3.07. The van der Waals surface area contributed by atoms with E-state index in [1.54, 1.807) is 0 Å². The maximum atomic E-state index is 5.33. The van der Waals surface area contributed by atoms with Gasteiger partial charge in [-0.25, -0.2) is 4.98 Å². The Morgan fingerprint density at radius 1 is 1.56 bits per heavy atom. The third-order valence-electron chi connectivity index (χ3n) is 1.01. The van der Waals surface area contributed by atoms with Gasteiger partial charge in [-0.3, -0.25) is 0 Å². The zero-order chi connectivity index (χ0) is 6.69. The third kappa shape index (κ3) is 1.64. The molecule has 0 aliphatic heterocycles. The molecule has 1 heterocycles. The highest BCUT2D eigenvalue weighted by molar-refractivity contribution is 7.96. The average Bonchev–Trinajstić information content (AvgIpc) is 1.88. The fourth-order valence-corrected chi connectivity index (χ4v) is 0.988. The lowest BCUT2D eigenvalue weighted by Crippen LogP contribution is -1.79. The number of aromatic nitrogens is 1. The second kappa shape index (κ2) is 2.78. The molecule has 0 aliphatic rings. The van der Waals surface area contributed by atoms with Crippen LogP contribution < -0.4 is 0 Å². The second-order valence-electron chi connectivity index (χ2n) is 1.77. The standard InChI is InChI=1S/C7H8NS/c1-6-4-3-5-7(8-6)9-2/h2-5,9H,1H3. The summed E-state index contributed by atoms with van der Waals surface area (Å²) in [7, 11) is 0. The van der Waals surface area contributed by atoms with Gasteiger partial charge in [0.25, 0.3) is 0 Å². The van der Waals surface area contributed by atoms with Crippen molar-refractivity contribution in [2.45, 2.75) is 11.9 Å². The summed E-state index contributed by atoms with van der Waals surface area (Å²) in [5, 5.41) is 0.926. The van der Waals surface area contributed by atoms with Gasteiger partial charge in [-0.15, -0.1) is 0 Å². The molecule has 0 fully saturated rings. The molecule has 1 nitrogen and oxygen atoms in total. The number of thiol groups is 1. The molecule has 9 heavy (non-hydrogen) atoms. The van der Waals surface area contributed by atoms with E-state index in [1.807, 2.05) is 25.1 Å². The maximum absolute atomic E-state index is 5.33. The van der Waals surface area contributed by atoms with Crippen LogP contribution in [0.5, 0.6) is 0 Å². The van der Waals surface area contributed by atoms with E-state index in [4.69, 9.17) is 5.87 Å². The van der Waals surface area contributed by atoms with Gasteiger partial charge >= 0.3 is 0 Å². The van der Waals surface area contributed by atoms with E-state index >= 15 is 0 Å². The predicted molar refractivity (Wildman–Crippen MR) is 42.3 cm³/mol. The van der Waals surface area contributed by atoms with Crippen molar-refractivity contribution in [3.63, 3.8) is 0 Å². The molecule has 1 radical (unpaired) electrons. The Hall–Kier alpha value is -0.630. The average molecular weight is 138 g/mol. The molecule has 1 aromatic heterocycles. The maximum Gasteiger partial charge on any atom is 0.0881 e. The molecule has 0 aliphatic carbocycles. The minimum absolute atomic E-state index is 0.744. The summed E-state index contributed by atoms with van der Waals surface area (Å²) in [5.41, 5.74) is 1.02. The molecule has 0 unspecified atom stereocenters.